The Morgan fingerprint density at radius 2 is 1.82 bits per heavy atom. The van der Waals surface area contributed by atoms with Gasteiger partial charge in [-0.15, -0.1) is 16.9 Å². The van der Waals surface area contributed by atoms with Crippen molar-refractivity contribution in [2.75, 3.05) is 5.75 Å². The fraction of sp³-hybridized carbons (Fsp3) is 0.174. The van der Waals surface area contributed by atoms with Gasteiger partial charge in [-0.05, 0) is 17.7 Å². The number of para-hydroxylation sites is 1. The van der Waals surface area contributed by atoms with Gasteiger partial charge in [0, 0.05) is 10.7 Å². The third-order valence-electron chi connectivity index (χ3n) is 5.41. The maximum absolute atomic E-state index is 12.9. The first kappa shape index (κ1) is 22.2. The van der Waals surface area contributed by atoms with Crippen LogP contribution in [0.5, 0.6) is 0 Å². The van der Waals surface area contributed by atoms with Crippen molar-refractivity contribution >= 4 is 41.3 Å². The molecule has 172 valence electrons. The topological polar surface area (TPSA) is 117 Å². The number of nitrogens with zero attached hydrogens (tertiary/aromatic N) is 4. The molecule has 1 fully saturated rings. The predicted molar refractivity (Wildman–Crippen MR) is 127 cm³/mol. The molecular weight excluding hydrogens is 474 g/mol. The van der Waals surface area contributed by atoms with E-state index in [-0.39, 0.29) is 18.0 Å². The molecule has 5 rings (SSSR count). The largest absolute Gasteiger partial charge is 0.477 e. The Labute approximate surface area is 203 Å². The number of benzene rings is 2. The molecule has 2 aliphatic heterocycles. The molecule has 2 aliphatic rings. The maximum Gasteiger partial charge on any atom is 0.353 e. The summed E-state index contributed by atoms with van der Waals surface area (Å²) in [5, 5.41) is 20.9. The summed E-state index contributed by atoms with van der Waals surface area (Å²) in [5.41, 5.74) is 1.57. The quantitative estimate of drug-likeness (QED) is 0.482. The minimum absolute atomic E-state index is 0.0619. The van der Waals surface area contributed by atoms with Gasteiger partial charge in [0.05, 0.1) is 18.3 Å². The molecule has 0 bridgehead atoms. The third-order valence-corrected chi connectivity index (χ3v) is 7.94. The van der Waals surface area contributed by atoms with Crippen LogP contribution in [0.25, 0.3) is 5.69 Å². The van der Waals surface area contributed by atoms with Gasteiger partial charge in [0.15, 0.2) is 0 Å². The SMILES string of the molecule is O=C(Cc1ccccc1)N[C@@H]1C(=O)N2C(C(=O)O)=C(Sc3cnnn3-c3ccccc3)CS[C@@H]12. The molecule has 0 spiro atoms. The maximum atomic E-state index is 12.9. The van der Waals surface area contributed by atoms with Crippen LogP contribution in [0.15, 0.2) is 82.5 Å². The van der Waals surface area contributed by atoms with Gasteiger partial charge in [0.25, 0.3) is 5.91 Å². The summed E-state index contributed by atoms with van der Waals surface area (Å²) in [6.07, 6.45) is 1.71. The number of β-lactam (4-membered cyclic amide) rings is 1. The summed E-state index contributed by atoms with van der Waals surface area (Å²) in [4.78, 5) is 39.3. The Kier molecular flexibility index (Phi) is 6.12. The van der Waals surface area contributed by atoms with E-state index in [1.807, 2.05) is 60.7 Å². The second kappa shape index (κ2) is 9.35. The van der Waals surface area contributed by atoms with E-state index < -0.39 is 23.3 Å². The first-order chi connectivity index (χ1) is 16.5. The highest BCUT2D eigenvalue weighted by molar-refractivity contribution is 8.06. The van der Waals surface area contributed by atoms with E-state index in [2.05, 4.69) is 15.6 Å². The molecule has 9 nitrogen and oxygen atoms in total. The molecule has 3 heterocycles. The van der Waals surface area contributed by atoms with E-state index in [0.29, 0.717) is 15.7 Å². The fourth-order valence-corrected chi connectivity index (χ4v) is 6.34. The van der Waals surface area contributed by atoms with Gasteiger partial charge in [-0.25, -0.2) is 9.48 Å². The summed E-state index contributed by atoms with van der Waals surface area (Å²) < 4.78 is 1.62. The molecule has 2 aromatic carbocycles. The Balaban J connectivity index is 1.34. The molecule has 2 atom stereocenters. The zero-order valence-electron chi connectivity index (χ0n) is 17.7. The summed E-state index contributed by atoms with van der Waals surface area (Å²) in [6, 6.07) is 17.9. The number of carboxylic acid groups (broad SMARTS) is 1. The van der Waals surface area contributed by atoms with Gasteiger partial charge in [-0.2, -0.15) is 0 Å². The monoisotopic (exact) mass is 493 g/mol. The van der Waals surface area contributed by atoms with Crippen molar-refractivity contribution in [2.45, 2.75) is 22.9 Å². The number of carbonyl (C=O) groups is 3. The summed E-state index contributed by atoms with van der Waals surface area (Å²) in [7, 11) is 0. The molecule has 2 N–H and O–H groups in total. The van der Waals surface area contributed by atoms with E-state index in [9.17, 15) is 19.5 Å². The minimum atomic E-state index is -1.19. The Bertz CT molecular complexity index is 1280. The number of amides is 2. The minimum Gasteiger partial charge on any atom is -0.477 e. The lowest BCUT2D eigenvalue weighted by atomic mass is 10.0. The number of carbonyl (C=O) groups excluding carboxylic acids is 2. The average molecular weight is 494 g/mol. The van der Waals surface area contributed by atoms with Crippen molar-refractivity contribution < 1.29 is 19.5 Å². The second-order valence-corrected chi connectivity index (χ2v) is 9.84. The van der Waals surface area contributed by atoms with Gasteiger partial charge in [0.1, 0.15) is 22.1 Å². The van der Waals surface area contributed by atoms with Crippen molar-refractivity contribution in [1.82, 2.24) is 25.2 Å². The molecule has 0 saturated carbocycles. The number of fused-ring (bicyclic) bond motifs is 1. The number of nitrogens with one attached hydrogen (secondary N) is 1. The number of aromatic nitrogens is 3. The highest BCUT2D eigenvalue weighted by Crippen LogP contribution is 2.45. The van der Waals surface area contributed by atoms with Crippen molar-refractivity contribution in [3.05, 3.63) is 83.0 Å². The zero-order chi connectivity index (χ0) is 23.7. The molecule has 11 heteroatoms. The lowest BCUT2D eigenvalue weighted by molar-refractivity contribution is -0.150. The van der Waals surface area contributed by atoms with E-state index in [4.69, 9.17) is 0 Å². The number of aliphatic carboxylic acids is 1. The smallest absolute Gasteiger partial charge is 0.353 e. The number of carboxylic acids is 1. The van der Waals surface area contributed by atoms with Gasteiger partial charge in [0.2, 0.25) is 5.91 Å². The lowest BCUT2D eigenvalue weighted by Gasteiger charge is -2.49. The van der Waals surface area contributed by atoms with Crippen LogP contribution < -0.4 is 5.32 Å². The first-order valence-electron chi connectivity index (χ1n) is 10.4. The van der Waals surface area contributed by atoms with Crippen LogP contribution >= 0.6 is 23.5 Å². The van der Waals surface area contributed by atoms with Gasteiger partial charge < -0.3 is 10.4 Å². The molecule has 3 aromatic rings. The summed E-state index contributed by atoms with van der Waals surface area (Å²) in [5.74, 6) is -1.51. The van der Waals surface area contributed by atoms with Crippen LogP contribution in [0.3, 0.4) is 0 Å². The van der Waals surface area contributed by atoms with E-state index in [0.717, 1.165) is 11.3 Å². The molecule has 0 aliphatic carbocycles. The Morgan fingerprint density at radius 3 is 2.53 bits per heavy atom. The van der Waals surface area contributed by atoms with Crippen LogP contribution in [-0.2, 0) is 20.8 Å². The lowest BCUT2D eigenvalue weighted by Crippen LogP contribution is -2.70. The highest BCUT2D eigenvalue weighted by atomic mass is 32.2. The van der Waals surface area contributed by atoms with Gasteiger partial charge >= 0.3 is 5.97 Å². The summed E-state index contributed by atoms with van der Waals surface area (Å²) in [6.45, 7) is 0. The van der Waals surface area contributed by atoms with Gasteiger partial charge in [-0.1, -0.05) is 65.5 Å². The van der Waals surface area contributed by atoms with E-state index >= 15 is 0 Å². The van der Waals surface area contributed by atoms with Crippen LogP contribution in [0.1, 0.15) is 5.56 Å². The zero-order valence-corrected chi connectivity index (χ0v) is 19.3. The molecule has 2 amide bonds. The number of rotatable bonds is 7. The molecule has 34 heavy (non-hydrogen) atoms. The second-order valence-electron chi connectivity index (χ2n) is 7.62. The molecule has 1 aromatic heterocycles. The van der Waals surface area contributed by atoms with Crippen molar-refractivity contribution in [2.24, 2.45) is 0 Å². The molecular formula is C23H19N5O4S2. The number of hydrogen-bond donors (Lipinski definition) is 2. The van der Waals surface area contributed by atoms with Crippen LogP contribution in [-0.4, -0.2) is 60.0 Å². The predicted octanol–water partition coefficient (Wildman–Crippen LogP) is 2.30. The van der Waals surface area contributed by atoms with Crippen molar-refractivity contribution in [1.29, 1.82) is 0 Å². The standard InChI is InChI=1S/C23H19N5O4S2/c29-17(11-14-7-3-1-4-8-14)25-19-21(30)27-20(23(31)32)16(13-33-22(19)27)34-18-12-24-26-28(18)15-9-5-2-6-10-15/h1-10,12,19,22H,11,13H2,(H,25,29)(H,31,32)/t19-,22+/m1/s1. The van der Waals surface area contributed by atoms with Crippen LogP contribution in [0, 0.1) is 0 Å². The Morgan fingerprint density at radius 1 is 1.12 bits per heavy atom. The van der Waals surface area contributed by atoms with Crippen molar-refractivity contribution in [3.63, 3.8) is 0 Å². The number of thioether (sulfide) groups is 2. The van der Waals surface area contributed by atoms with Crippen LogP contribution in [0.2, 0.25) is 0 Å². The summed E-state index contributed by atoms with van der Waals surface area (Å²) >= 11 is 2.65. The van der Waals surface area contributed by atoms with E-state index in [1.54, 1.807) is 10.9 Å². The molecule has 0 radical (unpaired) electrons. The third kappa shape index (κ3) is 4.19. The van der Waals surface area contributed by atoms with E-state index in [1.165, 1.54) is 28.4 Å². The molecule has 1 saturated heterocycles. The number of hydrogen-bond acceptors (Lipinski definition) is 7. The normalized spacial score (nSPS) is 19.4. The Hall–Kier alpha value is -3.57. The van der Waals surface area contributed by atoms with Crippen molar-refractivity contribution in [3.8, 4) is 5.69 Å². The van der Waals surface area contributed by atoms with Gasteiger partial charge in [-0.3, -0.25) is 14.5 Å². The highest BCUT2D eigenvalue weighted by Gasteiger charge is 2.54. The van der Waals surface area contributed by atoms with Crippen LogP contribution in [0.4, 0.5) is 0 Å². The average Bonchev–Trinajstić information content (AvgIpc) is 3.31. The fourth-order valence-electron chi connectivity index (χ4n) is 3.84. The first-order valence-corrected chi connectivity index (χ1v) is 12.3. The molecule has 0 unspecified atom stereocenters.